The lowest BCUT2D eigenvalue weighted by Crippen LogP contribution is -2.34. The van der Waals surface area contributed by atoms with Gasteiger partial charge in [0, 0.05) is 24.0 Å². The molecule has 0 amide bonds. The van der Waals surface area contributed by atoms with E-state index in [1.54, 1.807) is 6.33 Å². The standard InChI is InChI=1S/C16H21N5/c1-12-8-19-20(9-12)10-13-4-3-7-21(13)16-14-5-2-6-15(14)17-11-18-16/h8-9,11,13H,2-7,10H2,1H3/t13-/m1/s1. The van der Waals surface area contributed by atoms with Crippen molar-refractivity contribution < 1.29 is 0 Å². The predicted octanol–water partition coefficient (Wildman–Crippen LogP) is 2.14. The van der Waals surface area contributed by atoms with Gasteiger partial charge in [0.1, 0.15) is 12.1 Å². The number of fused-ring (bicyclic) bond motifs is 1. The van der Waals surface area contributed by atoms with Gasteiger partial charge in [0.15, 0.2) is 0 Å². The van der Waals surface area contributed by atoms with Crippen molar-refractivity contribution in [2.45, 2.75) is 51.6 Å². The van der Waals surface area contributed by atoms with Crippen LogP contribution in [0.5, 0.6) is 0 Å². The third-order valence-corrected chi connectivity index (χ3v) is 4.66. The van der Waals surface area contributed by atoms with Crippen LogP contribution in [0.3, 0.4) is 0 Å². The van der Waals surface area contributed by atoms with Gasteiger partial charge in [0.05, 0.1) is 18.8 Å². The van der Waals surface area contributed by atoms with E-state index in [0.717, 1.165) is 25.9 Å². The summed E-state index contributed by atoms with van der Waals surface area (Å²) in [7, 11) is 0. The van der Waals surface area contributed by atoms with Crippen molar-refractivity contribution in [3.8, 4) is 0 Å². The molecule has 2 aromatic heterocycles. The summed E-state index contributed by atoms with van der Waals surface area (Å²) in [5, 5.41) is 4.44. The Morgan fingerprint density at radius 2 is 2.19 bits per heavy atom. The zero-order valence-corrected chi connectivity index (χ0v) is 12.5. The molecule has 2 aliphatic rings. The summed E-state index contributed by atoms with van der Waals surface area (Å²) in [5.41, 5.74) is 3.88. The number of hydrogen-bond acceptors (Lipinski definition) is 4. The van der Waals surface area contributed by atoms with Gasteiger partial charge in [-0.2, -0.15) is 5.10 Å². The van der Waals surface area contributed by atoms with Gasteiger partial charge in [-0.15, -0.1) is 0 Å². The highest BCUT2D eigenvalue weighted by Crippen LogP contribution is 2.32. The molecule has 1 atom stereocenters. The molecule has 0 unspecified atom stereocenters. The van der Waals surface area contributed by atoms with Crippen molar-refractivity contribution in [1.82, 2.24) is 19.7 Å². The smallest absolute Gasteiger partial charge is 0.135 e. The molecule has 0 aromatic carbocycles. The summed E-state index contributed by atoms with van der Waals surface area (Å²) in [6, 6.07) is 0.504. The van der Waals surface area contributed by atoms with Crippen LogP contribution in [0.25, 0.3) is 0 Å². The van der Waals surface area contributed by atoms with Crippen molar-refractivity contribution in [3.63, 3.8) is 0 Å². The fourth-order valence-electron chi connectivity index (χ4n) is 3.68. The zero-order valence-electron chi connectivity index (χ0n) is 12.5. The van der Waals surface area contributed by atoms with Crippen LogP contribution < -0.4 is 4.90 Å². The Balaban J connectivity index is 1.60. The van der Waals surface area contributed by atoms with E-state index in [4.69, 9.17) is 0 Å². The molecule has 5 heteroatoms. The van der Waals surface area contributed by atoms with Gasteiger partial charge in [-0.1, -0.05) is 0 Å². The molecule has 3 heterocycles. The Morgan fingerprint density at radius 3 is 3.05 bits per heavy atom. The normalized spacial score (nSPS) is 21.0. The van der Waals surface area contributed by atoms with Crippen LogP contribution >= 0.6 is 0 Å². The van der Waals surface area contributed by atoms with E-state index in [9.17, 15) is 0 Å². The summed E-state index contributed by atoms with van der Waals surface area (Å²) in [4.78, 5) is 11.6. The Bertz CT molecular complexity index is 648. The van der Waals surface area contributed by atoms with Gasteiger partial charge in [-0.25, -0.2) is 9.97 Å². The second kappa shape index (κ2) is 5.13. The molecule has 0 saturated carbocycles. The van der Waals surface area contributed by atoms with Gasteiger partial charge < -0.3 is 4.90 Å². The highest BCUT2D eigenvalue weighted by Gasteiger charge is 2.30. The summed E-state index contributed by atoms with van der Waals surface area (Å²) >= 11 is 0. The Morgan fingerprint density at radius 1 is 1.24 bits per heavy atom. The van der Waals surface area contributed by atoms with Crippen molar-refractivity contribution in [1.29, 1.82) is 0 Å². The van der Waals surface area contributed by atoms with E-state index < -0.39 is 0 Å². The van der Waals surface area contributed by atoms with Gasteiger partial charge in [-0.05, 0) is 44.6 Å². The lowest BCUT2D eigenvalue weighted by Gasteiger charge is -2.27. The van der Waals surface area contributed by atoms with Crippen molar-refractivity contribution in [2.24, 2.45) is 0 Å². The molecule has 1 aliphatic carbocycles. The monoisotopic (exact) mass is 283 g/mol. The molecule has 2 aromatic rings. The molecule has 1 aliphatic heterocycles. The molecular weight excluding hydrogens is 262 g/mol. The third kappa shape index (κ3) is 2.30. The number of anilines is 1. The van der Waals surface area contributed by atoms with Crippen LogP contribution in [-0.4, -0.2) is 32.3 Å². The van der Waals surface area contributed by atoms with E-state index in [1.807, 2.05) is 6.20 Å². The van der Waals surface area contributed by atoms with Gasteiger partial charge in [0.25, 0.3) is 0 Å². The lowest BCUT2D eigenvalue weighted by atomic mass is 10.2. The number of aromatic nitrogens is 4. The van der Waals surface area contributed by atoms with E-state index in [2.05, 4.69) is 37.8 Å². The topological polar surface area (TPSA) is 46.8 Å². The summed E-state index contributed by atoms with van der Waals surface area (Å²) in [6.45, 7) is 4.15. The quantitative estimate of drug-likeness (QED) is 0.866. The molecule has 110 valence electrons. The van der Waals surface area contributed by atoms with Crippen LogP contribution in [-0.2, 0) is 19.4 Å². The first kappa shape index (κ1) is 12.8. The SMILES string of the molecule is Cc1cnn(C[C@H]2CCCN2c2ncnc3c2CCC3)c1. The van der Waals surface area contributed by atoms with Crippen LogP contribution in [0.4, 0.5) is 5.82 Å². The van der Waals surface area contributed by atoms with E-state index >= 15 is 0 Å². The molecule has 1 saturated heterocycles. The molecule has 0 bridgehead atoms. The van der Waals surface area contributed by atoms with Crippen molar-refractivity contribution in [3.05, 3.63) is 35.5 Å². The number of rotatable bonds is 3. The predicted molar refractivity (Wildman–Crippen MR) is 81.4 cm³/mol. The largest absolute Gasteiger partial charge is 0.351 e. The number of aryl methyl sites for hydroxylation is 2. The van der Waals surface area contributed by atoms with E-state index in [-0.39, 0.29) is 0 Å². The van der Waals surface area contributed by atoms with Crippen LogP contribution in [0.15, 0.2) is 18.7 Å². The number of hydrogen-bond donors (Lipinski definition) is 0. The zero-order chi connectivity index (χ0) is 14.2. The van der Waals surface area contributed by atoms with Crippen LogP contribution in [0, 0.1) is 6.92 Å². The molecule has 21 heavy (non-hydrogen) atoms. The third-order valence-electron chi connectivity index (χ3n) is 4.66. The average molecular weight is 283 g/mol. The molecule has 1 fully saturated rings. The lowest BCUT2D eigenvalue weighted by molar-refractivity contribution is 0.506. The first-order valence-corrected chi connectivity index (χ1v) is 7.90. The summed E-state index contributed by atoms with van der Waals surface area (Å²) in [6.07, 6.45) is 11.7. The molecule has 0 N–H and O–H groups in total. The molecular formula is C16H21N5. The summed E-state index contributed by atoms with van der Waals surface area (Å²) < 4.78 is 2.07. The second-order valence-electron chi connectivity index (χ2n) is 6.21. The minimum absolute atomic E-state index is 0.504. The maximum Gasteiger partial charge on any atom is 0.135 e. The Hall–Kier alpha value is -1.91. The maximum absolute atomic E-state index is 4.61. The highest BCUT2D eigenvalue weighted by molar-refractivity contribution is 5.52. The minimum atomic E-state index is 0.504. The fraction of sp³-hybridized carbons (Fsp3) is 0.562. The first-order chi connectivity index (χ1) is 10.3. The van der Waals surface area contributed by atoms with Crippen LogP contribution in [0.1, 0.15) is 36.1 Å². The molecule has 4 rings (SSSR count). The van der Waals surface area contributed by atoms with E-state index in [0.29, 0.717) is 6.04 Å². The Kier molecular flexibility index (Phi) is 3.13. The van der Waals surface area contributed by atoms with Crippen molar-refractivity contribution >= 4 is 5.82 Å². The van der Waals surface area contributed by atoms with Gasteiger partial charge >= 0.3 is 0 Å². The molecule has 0 radical (unpaired) electrons. The fourth-order valence-corrected chi connectivity index (χ4v) is 3.68. The molecule has 0 spiro atoms. The van der Waals surface area contributed by atoms with E-state index in [1.165, 1.54) is 41.9 Å². The average Bonchev–Trinajstić information content (AvgIpc) is 3.19. The summed E-state index contributed by atoms with van der Waals surface area (Å²) in [5.74, 6) is 1.18. The highest BCUT2D eigenvalue weighted by atomic mass is 15.3. The first-order valence-electron chi connectivity index (χ1n) is 7.90. The van der Waals surface area contributed by atoms with Crippen LogP contribution in [0.2, 0.25) is 0 Å². The Labute approximate surface area is 125 Å². The van der Waals surface area contributed by atoms with Crippen molar-refractivity contribution in [2.75, 3.05) is 11.4 Å². The van der Waals surface area contributed by atoms with Gasteiger partial charge in [0.2, 0.25) is 0 Å². The second-order valence-corrected chi connectivity index (χ2v) is 6.21. The minimum Gasteiger partial charge on any atom is -0.351 e. The van der Waals surface area contributed by atoms with Gasteiger partial charge in [-0.3, -0.25) is 4.68 Å². The molecule has 5 nitrogen and oxygen atoms in total. The number of nitrogens with zero attached hydrogens (tertiary/aromatic N) is 5. The maximum atomic E-state index is 4.61.